The Labute approximate surface area is 216 Å². The number of urea groups is 1. The minimum Gasteiger partial charge on any atom is -0.497 e. The molecule has 2 atom stereocenters. The smallest absolute Gasteiger partial charge is 0.333 e. The zero-order valence-corrected chi connectivity index (χ0v) is 21.4. The van der Waals surface area contributed by atoms with E-state index in [-0.39, 0.29) is 24.9 Å². The number of hydrazine groups is 2. The molecule has 0 saturated carbocycles. The summed E-state index contributed by atoms with van der Waals surface area (Å²) in [5.41, 5.74) is 1.99. The maximum absolute atomic E-state index is 13.5. The van der Waals surface area contributed by atoms with Crippen LogP contribution >= 0.6 is 0 Å². The van der Waals surface area contributed by atoms with Crippen molar-refractivity contribution in [2.45, 2.75) is 31.6 Å². The molecule has 3 amide bonds. The van der Waals surface area contributed by atoms with Gasteiger partial charge in [-0.15, -0.1) is 0 Å². The van der Waals surface area contributed by atoms with E-state index in [1.165, 1.54) is 0 Å². The van der Waals surface area contributed by atoms with E-state index in [1.54, 1.807) is 41.1 Å². The van der Waals surface area contributed by atoms with Crippen LogP contribution in [-0.4, -0.2) is 101 Å². The summed E-state index contributed by atoms with van der Waals surface area (Å²) in [5, 5.41) is 19.5. The van der Waals surface area contributed by atoms with Crippen LogP contribution in [0.3, 0.4) is 0 Å². The van der Waals surface area contributed by atoms with Gasteiger partial charge >= 0.3 is 12.0 Å². The predicted octanol–water partition coefficient (Wildman–Crippen LogP) is 1.43. The molecule has 0 spiro atoms. The fourth-order valence-electron chi connectivity index (χ4n) is 4.97. The summed E-state index contributed by atoms with van der Waals surface area (Å²) < 4.78 is 5.21. The number of carbonyl (C=O) groups excluding carboxylic acids is 2. The van der Waals surface area contributed by atoms with Crippen LogP contribution < -0.4 is 10.1 Å². The van der Waals surface area contributed by atoms with Gasteiger partial charge in [0, 0.05) is 27.2 Å². The second kappa shape index (κ2) is 11.6. The van der Waals surface area contributed by atoms with Crippen LogP contribution in [0.4, 0.5) is 4.79 Å². The van der Waals surface area contributed by atoms with E-state index in [0.717, 1.165) is 16.9 Å². The molecule has 4 rings (SSSR count). The molecule has 11 nitrogen and oxygen atoms in total. The van der Waals surface area contributed by atoms with E-state index in [4.69, 9.17) is 4.74 Å². The van der Waals surface area contributed by atoms with E-state index < -0.39 is 18.2 Å². The molecule has 0 bridgehead atoms. The highest BCUT2D eigenvalue weighted by molar-refractivity contribution is 5.87. The van der Waals surface area contributed by atoms with Crippen molar-refractivity contribution in [3.05, 3.63) is 65.7 Å². The van der Waals surface area contributed by atoms with E-state index in [1.807, 2.05) is 59.6 Å². The first-order valence-corrected chi connectivity index (χ1v) is 12.2. The Morgan fingerprint density at radius 2 is 1.73 bits per heavy atom. The number of amides is 3. The lowest BCUT2D eigenvalue weighted by Gasteiger charge is -2.57. The predicted molar refractivity (Wildman–Crippen MR) is 136 cm³/mol. The van der Waals surface area contributed by atoms with Crippen molar-refractivity contribution in [2.24, 2.45) is 0 Å². The molecule has 0 radical (unpaired) electrons. The Morgan fingerprint density at radius 3 is 2.38 bits per heavy atom. The summed E-state index contributed by atoms with van der Waals surface area (Å²) in [4.78, 5) is 40.3. The highest BCUT2D eigenvalue weighted by Gasteiger charge is 2.50. The van der Waals surface area contributed by atoms with Gasteiger partial charge in [-0.3, -0.25) is 9.59 Å². The molecule has 0 aliphatic carbocycles. The van der Waals surface area contributed by atoms with E-state index in [0.29, 0.717) is 26.2 Å². The van der Waals surface area contributed by atoms with Crippen molar-refractivity contribution in [3.63, 3.8) is 0 Å². The van der Waals surface area contributed by atoms with Gasteiger partial charge in [-0.05, 0) is 29.7 Å². The molecule has 198 valence electrons. The van der Waals surface area contributed by atoms with Gasteiger partial charge < -0.3 is 20.1 Å². The number of piperazine rings is 1. The molecule has 2 aromatic carbocycles. The number of carboxylic acid groups (broad SMARTS) is 1. The molecular formula is C26H34N6O5. The van der Waals surface area contributed by atoms with Crippen LogP contribution in [0, 0.1) is 0 Å². The first kappa shape index (κ1) is 26.4. The van der Waals surface area contributed by atoms with Crippen LogP contribution in [0.1, 0.15) is 17.5 Å². The standard InChI is InChI=1S/C26H34N6O5/c1-28-18-29(2)32(26(36)27-16-20-7-5-4-6-8-20)23-17-30(25(35)22(31(23)28)15-24(33)34)14-13-19-9-11-21(37-3)12-10-19/h4-12,22-23H,13-18H2,1-3H3,(H,27,36)(H,33,34)/t22-,23-/m0/s1. The molecule has 2 saturated heterocycles. The summed E-state index contributed by atoms with van der Waals surface area (Å²) >= 11 is 0. The Bertz CT molecular complexity index is 1100. The van der Waals surface area contributed by atoms with Crippen LogP contribution in [-0.2, 0) is 22.6 Å². The van der Waals surface area contributed by atoms with Crippen molar-refractivity contribution in [1.29, 1.82) is 0 Å². The first-order chi connectivity index (χ1) is 17.8. The monoisotopic (exact) mass is 510 g/mol. The number of rotatable bonds is 8. The molecule has 2 aromatic rings. The zero-order chi connectivity index (χ0) is 26.5. The zero-order valence-electron chi connectivity index (χ0n) is 21.4. The second-order valence-electron chi connectivity index (χ2n) is 9.30. The third-order valence-corrected chi connectivity index (χ3v) is 6.75. The third kappa shape index (κ3) is 6.01. The Hall–Kier alpha value is -3.67. The second-order valence-corrected chi connectivity index (χ2v) is 9.30. The number of hydrogen-bond acceptors (Lipinski definition) is 7. The number of carbonyl (C=O) groups is 3. The highest BCUT2D eigenvalue weighted by atomic mass is 16.5. The number of aliphatic carboxylic acids is 1. The quantitative estimate of drug-likeness (QED) is 0.549. The molecule has 2 heterocycles. The lowest BCUT2D eigenvalue weighted by Crippen LogP contribution is -2.78. The number of benzene rings is 2. The van der Waals surface area contributed by atoms with Gasteiger partial charge in [-0.2, -0.15) is 0 Å². The Kier molecular flexibility index (Phi) is 8.27. The third-order valence-electron chi connectivity index (χ3n) is 6.75. The lowest BCUT2D eigenvalue weighted by molar-refractivity contribution is -0.256. The van der Waals surface area contributed by atoms with Crippen molar-refractivity contribution in [1.82, 2.24) is 30.3 Å². The average molecular weight is 511 g/mol. The molecule has 37 heavy (non-hydrogen) atoms. The van der Waals surface area contributed by atoms with Gasteiger partial charge in [0.1, 0.15) is 18.0 Å². The lowest BCUT2D eigenvalue weighted by atomic mass is 10.1. The van der Waals surface area contributed by atoms with Gasteiger partial charge in [0.25, 0.3) is 0 Å². The molecule has 2 N–H and O–H groups in total. The summed E-state index contributed by atoms with van der Waals surface area (Å²) in [6.45, 7) is 1.33. The summed E-state index contributed by atoms with van der Waals surface area (Å²) in [6.07, 6.45) is -0.326. The van der Waals surface area contributed by atoms with E-state index in [2.05, 4.69) is 5.32 Å². The first-order valence-electron chi connectivity index (χ1n) is 12.2. The molecular weight excluding hydrogens is 476 g/mol. The van der Waals surface area contributed by atoms with E-state index >= 15 is 0 Å². The summed E-state index contributed by atoms with van der Waals surface area (Å²) in [5.74, 6) is -0.574. The summed E-state index contributed by atoms with van der Waals surface area (Å²) in [7, 11) is 5.22. The number of ether oxygens (including phenoxy) is 1. The number of fused-ring (bicyclic) bond motifs is 1. The van der Waals surface area contributed by atoms with Crippen LogP contribution in [0.5, 0.6) is 5.75 Å². The maximum atomic E-state index is 13.5. The van der Waals surface area contributed by atoms with Gasteiger partial charge in [-0.25, -0.2) is 24.8 Å². The van der Waals surface area contributed by atoms with Crippen molar-refractivity contribution in [3.8, 4) is 5.75 Å². The minimum absolute atomic E-state index is 0.249. The van der Waals surface area contributed by atoms with Gasteiger partial charge in [0.15, 0.2) is 0 Å². The molecule has 11 heteroatoms. The highest BCUT2D eigenvalue weighted by Crippen LogP contribution is 2.28. The summed E-state index contributed by atoms with van der Waals surface area (Å²) in [6, 6.07) is 16.0. The topological polar surface area (TPSA) is 109 Å². The van der Waals surface area contributed by atoms with Crippen LogP contribution in [0.25, 0.3) is 0 Å². The molecule has 2 fully saturated rings. The number of nitrogens with zero attached hydrogens (tertiary/aromatic N) is 5. The van der Waals surface area contributed by atoms with E-state index in [9.17, 15) is 19.5 Å². The molecule has 0 aromatic heterocycles. The molecule has 0 unspecified atom stereocenters. The fourth-order valence-corrected chi connectivity index (χ4v) is 4.97. The van der Waals surface area contributed by atoms with Gasteiger partial charge in [0.05, 0.1) is 26.7 Å². The number of methoxy groups -OCH3 is 1. The fraction of sp³-hybridized carbons (Fsp3) is 0.423. The van der Waals surface area contributed by atoms with Crippen molar-refractivity contribution in [2.75, 3.05) is 41.0 Å². The van der Waals surface area contributed by atoms with Crippen LogP contribution in [0.2, 0.25) is 0 Å². The van der Waals surface area contributed by atoms with Gasteiger partial charge in [-0.1, -0.05) is 42.5 Å². The Morgan fingerprint density at radius 1 is 1.03 bits per heavy atom. The van der Waals surface area contributed by atoms with Crippen molar-refractivity contribution < 1.29 is 24.2 Å². The van der Waals surface area contributed by atoms with Gasteiger partial charge in [0.2, 0.25) is 5.91 Å². The van der Waals surface area contributed by atoms with Crippen LogP contribution in [0.15, 0.2) is 54.6 Å². The maximum Gasteiger partial charge on any atom is 0.333 e. The van der Waals surface area contributed by atoms with Crippen molar-refractivity contribution >= 4 is 17.9 Å². The number of carboxylic acids is 1. The molecule has 2 aliphatic heterocycles. The largest absolute Gasteiger partial charge is 0.497 e. The molecule has 2 aliphatic rings. The number of nitrogens with one attached hydrogen (secondary N) is 1. The SMILES string of the molecule is COc1ccc(CCN2C[C@@H]3N(C(=O)NCc4ccccc4)N(C)CN(C)N3[C@@H](CC(=O)O)C2=O)cc1. The normalized spacial score (nSPS) is 21.0. The average Bonchev–Trinajstić information content (AvgIpc) is 2.88. The minimum atomic E-state index is -1.07. The Balaban J connectivity index is 1.55. The number of hydrogen-bond donors (Lipinski definition) is 2.